The zero-order valence-corrected chi connectivity index (χ0v) is 17.0. The number of likely N-dealkylation sites (N-methyl/N-ethyl adjacent to an activating group) is 1. The lowest BCUT2D eigenvalue weighted by Gasteiger charge is -2.60. The zero-order chi connectivity index (χ0) is 19.2. The molecule has 4 aliphatic carbocycles. The Labute approximate surface area is 163 Å². The van der Waals surface area contributed by atoms with Gasteiger partial charge in [0.2, 0.25) is 5.91 Å². The number of nitrogens with zero attached hydrogens (tertiary/aromatic N) is 1. The largest absolute Gasteiger partial charge is 0.390 e. The SMILES string of the molecule is Cc1ccccc1C(CNC(=O)CC12CC3CC(CC(O)(C3)C1)C2)N(C)C. The summed E-state index contributed by atoms with van der Waals surface area (Å²) in [6, 6.07) is 8.58. The average Bonchev–Trinajstić information content (AvgIpc) is 2.53. The molecule has 0 spiro atoms. The van der Waals surface area contributed by atoms with E-state index in [1.54, 1.807) is 0 Å². The molecule has 1 aromatic rings. The summed E-state index contributed by atoms with van der Waals surface area (Å²) in [5.41, 5.74) is 2.08. The van der Waals surface area contributed by atoms with Gasteiger partial charge in [-0.2, -0.15) is 0 Å². The minimum atomic E-state index is -0.488. The summed E-state index contributed by atoms with van der Waals surface area (Å²) in [5, 5.41) is 14.1. The fraction of sp³-hybridized carbons (Fsp3) is 0.696. The maximum Gasteiger partial charge on any atom is 0.220 e. The van der Waals surface area contributed by atoms with Crippen LogP contribution in [0.2, 0.25) is 0 Å². The highest BCUT2D eigenvalue weighted by Gasteiger charge is 2.57. The Balaban J connectivity index is 1.40. The van der Waals surface area contributed by atoms with Crippen molar-refractivity contribution in [3.8, 4) is 0 Å². The predicted octanol–water partition coefficient (Wildman–Crippen LogP) is 3.44. The zero-order valence-electron chi connectivity index (χ0n) is 17.0. The number of hydrogen-bond donors (Lipinski definition) is 2. The van der Waals surface area contributed by atoms with Crippen molar-refractivity contribution in [2.75, 3.05) is 20.6 Å². The molecule has 4 saturated carbocycles. The number of benzene rings is 1. The highest BCUT2D eigenvalue weighted by atomic mass is 16.3. The van der Waals surface area contributed by atoms with Crippen molar-refractivity contribution in [1.29, 1.82) is 0 Å². The third kappa shape index (κ3) is 3.79. The molecule has 27 heavy (non-hydrogen) atoms. The molecule has 1 aromatic carbocycles. The molecule has 4 bridgehead atoms. The van der Waals surface area contributed by atoms with Gasteiger partial charge in [0.25, 0.3) is 0 Å². The molecule has 4 heteroatoms. The first-order valence-corrected chi connectivity index (χ1v) is 10.5. The molecular formula is C23H34N2O2. The number of nitrogens with one attached hydrogen (secondary N) is 1. The molecule has 4 nitrogen and oxygen atoms in total. The van der Waals surface area contributed by atoms with Crippen LogP contribution in [0, 0.1) is 24.2 Å². The molecule has 0 aromatic heterocycles. The minimum Gasteiger partial charge on any atom is -0.390 e. The van der Waals surface area contributed by atoms with Crippen LogP contribution in [0.3, 0.4) is 0 Å². The van der Waals surface area contributed by atoms with E-state index in [1.165, 1.54) is 17.5 Å². The Morgan fingerprint density at radius 2 is 1.89 bits per heavy atom. The number of carbonyl (C=O) groups is 1. The normalized spacial score (nSPS) is 35.4. The van der Waals surface area contributed by atoms with E-state index in [0.29, 0.717) is 24.8 Å². The monoisotopic (exact) mass is 370 g/mol. The summed E-state index contributed by atoms with van der Waals surface area (Å²) >= 11 is 0. The number of aliphatic hydroxyl groups is 1. The van der Waals surface area contributed by atoms with Crippen LogP contribution in [-0.2, 0) is 4.79 Å². The van der Waals surface area contributed by atoms with Crippen LogP contribution >= 0.6 is 0 Å². The quantitative estimate of drug-likeness (QED) is 0.807. The van der Waals surface area contributed by atoms with Crippen LogP contribution in [0.15, 0.2) is 24.3 Å². The first kappa shape index (κ1) is 18.9. The molecule has 0 aliphatic heterocycles. The Morgan fingerprint density at radius 3 is 2.48 bits per heavy atom. The molecule has 0 radical (unpaired) electrons. The van der Waals surface area contributed by atoms with Crippen molar-refractivity contribution in [2.24, 2.45) is 17.3 Å². The summed E-state index contributed by atoms with van der Waals surface area (Å²) in [5.74, 6) is 1.41. The second kappa shape index (κ2) is 6.89. The molecule has 3 atom stereocenters. The Bertz CT molecular complexity index is 700. The van der Waals surface area contributed by atoms with E-state index in [1.807, 2.05) is 0 Å². The standard InChI is InChI=1S/C23H34N2O2/c1-16-6-4-5-7-19(16)20(25(2)3)14-24-21(26)13-22-9-17-8-18(10-22)12-23(27,11-17)15-22/h4-7,17-18,20,27H,8-15H2,1-3H3,(H,24,26). The first-order valence-electron chi connectivity index (χ1n) is 10.5. The number of aryl methyl sites for hydroxylation is 1. The van der Waals surface area contributed by atoms with Gasteiger partial charge >= 0.3 is 0 Å². The third-order valence-electron chi connectivity index (χ3n) is 7.35. The molecular weight excluding hydrogens is 336 g/mol. The molecule has 2 N–H and O–H groups in total. The smallest absolute Gasteiger partial charge is 0.220 e. The van der Waals surface area contributed by atoms with Crippen LogP contribution in [0.4, 0.5) is 0 Å². The van der Waals surface area contributed by atoms with E-state index in [9.17, 15) is 9.90 Å². The van der Waals surface area contributed by atoms with E-state index in [-0.39, 0.29) is 17.4 Å². The highest BCUT2D eigenvalue weighted by Crippen LogP contribution is 2.62. The van der Waals surface area contributed by atoms with Gasteiger partial charge in [-0.3, -0.25) is 4.79 Å². The van der Waals surface area contributed by atoms with Gasteiger partial charge in [0.15, 0.2) is 0 Å². The second-order valence-electron chi connectivity index (χ2n) is 10.0. The molecule has 1 amide bonds. The fourth-order valence-corrected chi connectivity index (χ4v) is 6.75. The summed E-state index contributed by atoms with van der Waals surface area (Å²) in [6.45, 7) is 2.76. The van der Waals surface area contributed by atoms with Crippen LogP contribution in [-0.4, -0.2) is 42.2 Å². The number of carbonyl (C=O) groups excluding carboxylic acids is 1. The van der Waals surface area contributed by atoms with Gasteiger partial charge in [-0.25, -0.2) is 0 Å². The van der Waals surface area contributed by atoms with Gasteiger partial charge in [-0.05, 0) is 87.9 Å². The van der Waals surface area contributed by atoms with Crippen LogP contribution < -0.4 is 5.32 Å². The third-order valence-corrected chi connectivity index (χ3v) is 7.35. The number of amides is 1. The summed E-state index contributed by atoms with van der Waals surface area (Å²) in [6.07, 6.45) is 6.86. The minimum absolute atomic E-state index is 0.0409. The lowest BCUT2D eigenvalue weighted by molar-refractivity contribution is -0.169. The topological polar surface area (TPSA) is 52.6 Å². The maximum absolute atomic E-state index is 12.9. The molecule has 148 valence electrons. The second-order valence-corrected chi connectivity index (χ2v) is 10.0. The first-order chi connectivity index (χ1) is 12.8. The summed E-state index contributed by atoms with van der Waals surface area (Å²) in [4.78, 5) is 15.0. The highest BCUT2D eigenvalue weighted by molar-refractivity contribution is 5.77. The van der Waals surface area contributed by atoms with E-state index in [4.69, 9.17) is 0 Å². The number of rotatable bonds is 6. The van der Waals surface area contributed by atoms with E-state index >= 15 is 0 Å². The van der Waals surface area contributed by atoms with Gasteiger partial charge in [0, 0.05) is 13.0 Å². The van der Waals surface area contributed by atoms with Crippen molar-refractivity contribution in [2.45, 2.75) is 63.5 Å². The molecule has 0 saturated heterocycles. The van der Waals surface area contributed by atoms with Gasteiger partial charge in [-0.1, -0.05) is 24.3 Å². The molecule has 3 unspecified atom stereocenters. The van der Waals surface area contributed by atoms with Crippen LogP contribution in [0.5, 0.6) is 0 Å². The van der Waals surface area contributed by atoms with Crippen LogP contribution in [0.25, 0.3) is 0 Å². The maximum atomic E-state index is 12.9. The van der Waals surface area contributed by atoms with Gasteiger partial charge in [0.05, 0.1) is 11.6 Å². The molecule has 4 aliphatic rings. The van der Waals surface area contributed by atoms with Crippen molar-refractivity contribution in [3.63, 3.8) is 0 Å². The average molecular weight is 371 g/mol. The van der Waals surface area contributed by atoms with E-state index in [2.05, 4.69) is 55.5 Å². The van der Waals surface area contributed by atoms with Gasteiger partial charge < -0.3 is 15.3 Å². The Kier molecular flexibility index (Phi) is 4.84. The van der Waals surface area contributed by atoms with E-state index in [0.717, 1.165) is 32.1 Å². The lowest BCUT2D eigenvalue weighted by Crippen LogP contribution is -2.56. The van der Waals surface area contributed by atoms with Crippen molar-refractivity contribution >= 4 is 5.91 Å². The number of hydrogen-bond acceptors (Lipinski definition) is 3. The van der Waals surface area contributed by atoms with Crippen molar-refractivity contribution < 1.29 is 9.90 Å². The lowest BCUT2D eigenvalue weighted by atomic mass is 9.47. The fourth-order valence-electron chi connectivity index (χ4n) is 6.75. The molecule has 5 rings (SSSR count). The van der Waals surface area contributed by atoms with Gasteiger partial charge in [-0.15, -0.1) is 0 Å². The van der Waals surface area contributed by atoms with Crippen LogP contribution in [0.1, 0.15) is 62.1 Å². The van der Waals surface area contributed by atoms with Gasteiger partial charge in [0.1, 0.15) is 0 Å². The molecule has 0 heterocycles. The molecule has 4 fully saturated rings. The summed E-state index contributed by atoms with van der Waals surface area (Å²) in [7, 11) is 4.13. The Hall–Kier alpha value is -1.39. The summed E-state index contributed by atoms with van der Waals surface area (Å²) < 4.78 is 0. The van der Waals surface area contributed by atoms with Crippen molar-refractivity contribution in [3.05, 3.63) is 35.4 Å². The van der Waals surface area contributed by atoms with E-state index < -0.39 is 5.60 Å². The predicted molar refractivity (Wildman–Crippen MR) is 107 cm³/mol. The Morgan fingerprint density at radius 1 is 1.22 bits per heavy atom. The van der Waals surface area contributed by atoms with Crippen molar-refractivity contribution in [1.82, 2.24) is 10.2 Å².